The number of nitrogens with zero attached hydrogens (tertiary/aromatic N) is 1. The van der Waals surface area contributed by atoms with E-state index in [1.165, 1.54) is 5.57 Å². The third-order valence-electron chi connectivity index (χ3n) is 3.07. The highest BCUT2D eigenvalue weighted by Crippen LogP contribution is 2.29. The zero-order valence-electron chi connectivity index (χ0n) is 9.84. The third-order valence-corrected chi connectivity index (χ3v) is 3.69. The average Bonchev–Trinajstić information content (AvgIpc) is 2.29. The number of hydrogen-bond donors (Lipinski definition) is 1. The largest absolute Gasteiger partial charge is 0.396 e. The summed E-state index contributed by atoms with van der Waals surface area (Å²) < 4.78 is 0. The summed E-state index contributed by atoms with van der Waals surface area (Å²) in [6.07, 6.45) is 3.40. The number of benzene rings is 1. The predicted octanol–water partition coefficient (Wildman–Crippen LogP) is 3.73. The molecule has 2 N–H and O–H groups in total. The van der Waals surface area contributed by atoms with Gasteiger partial charge >= 0.3 is 0 Å². The van der Waals surface area contributed by atoms with Crippen LogP contribution >= 0.6 is 23.2 Å². The van der Waals surface area contributed by atoms with Gasteiger partial charge in [-0.05, 0) is 31.0 Å². The van der Waals surface area contributed by atoms with Gasteiger partial charge < -0.3 is 5.73 Å². The summed E-state index contributed by atoms with van der Waals surface area (Å²) in [5, 5.41) is 1.08. The van der Waals surface area contributed by atoms with Gasteiger partial charge in [0, 0.05) is 19.6 Å². The van der Waals surface area contributed by atoms with E-state index in [1.807, 2.05) is 12.1 Å². The van der Waals surface area contributed by atoms with Crippen LogP contribution in [0, 0.1) is 0 Å². The Morgan fingerprint density at radius 3 is 2.47 bits per heavy atom. The molecular formula is C13H16Cl2N2. The molecule has 1 heterocycles. The van der Waals surface area contributed by atoms with E-state index in [0.717, 1.165) is 31.6 Å². The van der Waals surface area contributed by atoms with Crippen LogP contribution in [0.4, 0.5) is 5.69 Å². The maximum absolute atomic E-state index is 6.02. The number of rotatable bonds is 2. The van der Waals surface area contributed by atoms with E-state index in [-0.39, 0.29) is 0 Å². The lowest BCUT2D eigenvalue weighted by molar-refractivity contribution is 0.286. The standard InChI is InChI=1S/C13H16Cl2N2/c1-9-2-4-17(5-3-9)8-10-6-11(14)13(16)12(15)7-10/h2,6-7H,3-5,8,16H2,1H3. The maximum atomic E-state index is 6.02. The fourth-order valence-corrected chi connectivity index (χ4v) is 2.47. The second-order valence-electron chi connectivity index (χ2n) is 4.51. The van der Waals surface area contributed by atoms with Gasteiger partial charge in [0.1, 0.15) is 0 Å². The van der Waals surface area contributed by atoms with Gasteiger partial charge in [0.15, 0.2) is 0 Å². The minimum Gasteiger partial charge on any atom is -0.396 e. The van der Waals surface area contributed by atoms with Gasteiger partial charge in [-0.1, -0.05) is 34.9 Å². The Hall–Kier alpha value is -0.700. The molecule has 1 aliphatic rings. The molecular weight excluding hydrogens is 255 g/mol. The Kier molecular flexibility index (Phi) is 3.97. The van der Waals surface area contributed by atoms with Crippen molar-refractivity contribution in [2.75, 3.05) is 18.8 Å². The zero-order valence-corrected chi connectivity index (χ0v) is 11.4. The van der Waals surface area contributed by atoms with Gasteiger partial charge in [-0.25, -0.2) is 0 Å². The maximum Gasteiger partial charge on any atom is 0.0693 e. The minimum absolute atomic E-state index is 0.464. The highest BCUT2D eigenvalue weighted by molar-refractivity contribution is 6.38. The normalized spacial score (nSPS) is 17.0. The van der Waals surface area contributed by atoms with E-state index in [2.05, 4.69) is 17.9 Å². The summed E-state index contributed by atoms with van der Waals surface area (Å²) in [6, 6.07) is 3.79. The number of anilines is 1. The molecule has 2 rings (SSSR count). The fraction of sp³-hybridized carbons (Fsp3) is 0.385. The molecule has 4 heteroatoms. The Bertz CT molecular complexity index is 432. The Morgan fingerprint density at radius 2 is 1.94 bits per heavy atom. The summed E-state index contributed by atoms with van der Waals surface area (Å²) in [5.74, 6) is 0. The van der Waals surface area contributed by atoms with Crippen LogP contribution in [-0.2, 0) is 6.54 Å². The van der Waals surface area contributed by atoms with Crippen molar-refractivity contribution < 1.29 is 0 Å². The summed E-state index contributed by atoms with van der Waals surface area (Å²) in [4.78, 5) is 2.37. The molecule has 1 aromatic carbocycles. The van der Waals surface area contributed by atoms with Crippen LogP contribution in [0.15, 0.2) is 23.8 Å². The number of nitrogen functional groups attached to an aromatic ring is 1. The van der Waals surface area contributed by atoms with Crippen LogP contribution < -0.4 is 5.73 Å². The van der Waals surface area contributed by atoms with E-state index in [1.54, 1.807) is 0 Å². The van der Waals surface area contributed by atoms with Crippen LogP contribution in [0.25, 0.3) is 0 Å². The first kappa shape index (κ1) is 12.7. The summed E-state index contributed by atoms with van der Waals surface area (Å²) >= 11 is 12.0. The molecule has 0 aromatic heterocycles. The van der Waals surface area contributed by atoms with E-state index >= 15 is 0 Å². The zero-order chi connectivity index (χ0) is 12.4. The van der Waals surface area contributed by atoms with Crippen LogP contribution in [-0.4, -0.2) is 18.0 Å². The van der Waals surface area contributed by atoms with Crippen molar-refractivity contribution in [1.82, 2.24) is 4.90 Å². The molecule has 0 aliphatic carbocycles. The SMILES string of the molecule is CC1=CCN(Cc2cc(Cl)c(N)c(Cl)c2)CC1. The van der Waals surface area contributed by atoms with E-state index < -0.39 is 0 Å². The predicted molar refractivity (Wildman–Crippen MR) is 74.5 cm³/mol. The molecule has 17 heavy (non-hydrogen) atoms. The van der Waals surface area contributed by atoms with E-state index in [4.69, 9.17) is 28.9 Å². The molecule has 0 saturated carbocycles. The van der Waals surface area contributed by atoms with Gasteiger partial charge in [0.05, 0.1) is 15.7 Å². The molecule has 0 atom stereocenters. The molecule has 0 spiro atoms. The Balaban J connectivity index is 2.09. The molecule has 0 fully saturated rings. The fourth-order valence-electron chi connectivity index (χ4n) is 1.94. The molecule has 2 nitrogen and oxygen atoms in total. The van der Waals surface area contributed by atoms with Gasteiger partial charge in [0.25, 0.3) is 0 Å². The Labute approximate surface area is 112 Å². The van der Waals surface area contributed by atoms with Gasteiger partial charge in [-0.2, -0.15) is 0 Å². The topological polar surface area (TPSA) is 29.3 Å². The summed E-state index contributed by atoms with van der Waals surface area (Å²) in [7, 11) is 0. The third kappa shape index (κ3) is 3.15. The molecule has 0 radical (unpaired) electrons. The van der Waals surface area contributed by atoms with Crippen molar-refractivity contribution in [3.63, 3.8) is 0 Å². The monoisotopic (exact) mass is 270 g/mol. The lowest BCUT2D eigenvalue weighted by atomic mass is 10.1. The molecule has 1 aliphatic heterocycles. The minimum atomic E-state index is 0.464. The van der Waals surface area contributed by atoms with Crippen molar-refractivity contribution in [2.24, 2.45) is 0 Å². The van der Waals surface area contributed by atoms with Crippen molar-refractivity contribution >= 4 is 28.9 Å². The first-order valence-corrected chi connectivity index (χ1v) is 6.43. The second kappa shape index (κ2) is 5.30. The van der Waals surface area contributed by atoms with E-state index in [9.17, 15) is 0 Å². The number of nitrogens with two attached hydrogens (primary N) is 1. The summed E-state index contributed by atoms with van der Waals surface area (Å²) in [6.45, 7) is 5.12. The van der Waals surface area contributed by atoms with Gasteiger partial charge in [-0.3, -0.25) is 4.90 Å². The quantitative estimate of drug-likeness (QED) is 0.656. The van der Waals surface area contributed by atoms with E-state index in [0.29, 0.717) is 15.7 Å². The van der Waals surface area contributed by atoms with Crippen LogP contribution in [0.1, 0.15) is 18.9 Å². The smallest absolute Gasteiger partial charge is 0.0693 e. The van der Waals surface area contributed by atoms with Crippen LogP contribution in [0.5, 0.6) is 0 Å². The van der Waals surface area contributed by atoms with Crippen molar-refractivity contribution in [2.45, 2.75) is 19.9 Å². The first-order chi connectivity index (χ1) is 8.06. The Morgan fingerprint density at radius 1 is 1.29 bits per heavy atom. The lowest BCUT2D eigenvalue weighted by Crippen LogP contribution is -2.27. The highest BCUT2D eigenvalue weighted by atomic mass is 35.5. The summed E-state index contributed by atoms with van der Waals surface area (Å²) in [5.41, 5.74) is 8.76. The average molecular weight is 271 g/mol. The van der Waals surface area contributed by atoms with Crippen LogP contribution in [0.3, 0.4) is 0 Å². The lowest BCUT2D eigenvalue weighted by Gasteiger charge is -2.25. The van der Waals surface area contributed by atoms with Gasteiger partial charge in [0.2, 0.25) is 0 Å². The number of halogens is 2. The van der Waals surface area contributed by atoms with Crippen LogP contribution in [0.2, 0.25) is 10.0 Å². The molecule has 0 amide bonds. The second-order valence-corrected chi connectivity index (χ2v) is 5.32. The molecule has 1 aromatic rings. The first-order valence-electron chi connectivity index (χ1n) is 5.67. The van der Waals surface area contributed by atoms with Gasteiger partial charge in [-0.15, -0.1) is 0 Å². The molecule has 92 valence electrons. The van der Waals surface area contributed by atoms with Crippen molar-refractivity contribution in [1.29, 1.82) is 0 Å². The number of hydrogen-bond acceptors (Lipinski definition) is 2. The highest BCUT2D eigenvalue weighted by Gasteiger charge is 2.11. The molecule has 0 bridgehead atoms. The van der Waals surface area contributed by atoms with Crippen molar-refractivity contribution in [3.05, 3.63) is 39.4 Å². The molecule has 0 unspecified atom stereocenters. The van der Waals surface area contributed by atoms with Crippen molar-refractivity contribution in [3.8, 4) is 0 Å². The molecule has 0 saturated heterocycles.